The number of nitrogens with zero attached hydrogens (tertiary/aromatic N) is 2. The summed E-state index contributed by atoms with van der Waals surface area (Å²) < 4.78 is 5.22. The molecule has 0 saturated heterocycles. The molecule has 4 rings (SSSR count). The average Bonchev–Trinajstić information content (AvgIpc) is 3.34. The van der Waals surface area contributed by atoms with Gasteiger partial charge in [0.25, 0.3) is 5.89 Å². The number of rotatable bonds is 5. The van der Waals surface area contributed by atoms with E-state index in [-0.39, 0.29) is 5.91 Å². The van der Waals surface area contributed by atoms with Gasteiger partial charge >= 0.3 is 0 Å². The molecule has 2 aromatic heterocycles. The monoisotopic (exact) mass is 339 g/mol. The first-order valence-corrected chi connectivity index (χ1v) is 8.88. The molecule has 1 aliphatic carbocycles. The first kappa shape index (κ1) is 15.1. The molecule has 1 N–H and O–H groups in total. The normalized spacial score (nSPS) is 16.1. The second-order valence-corrected chi connectivity index (χ2v) is 6.86. The lowest BCUT2D eigenvalue weighted by molar-refractivity contribution is -0.121. The number of aryl methyl sites for hydroxylation is 1. The number of thiophene rings is 1. The van der Waals surface area contributed by atoms with E-state index in [0.29, 0.717) is 30.6 Å². The third-order valence-corrected chi connectivity index (χ3v) is 5.19. The molecule has 0 saturated carbocycles. The van der Waals surface area contributed by atoms with Crippen LogP contribution in [-0.4, -0.2) is 16.0 Å². The zero-order valence-electron chi connectivity index (χ0n) is 13.1. The SMILES string of the molecule is O=C(C[C@@H]1CCc2ccccc21)NCc1noc(-c2cccs2)n1. The average molecular weight is 339 g/mol. The van der Waals surface area contributed by atoms with E-state index in [4.69, 9.17) is 4.52 Å². The van der Waals surface area contributed by atoms with Crippen molar-refractivity contribution >= 4 is 17.2 Å². The first-order valence-electron chi connectivity index (χ1n) is 8.00. The van der Waals surface area contributed by atoms with Gasteiger partial charge < -0.3 is 9.84 Å². The molecule has 3 aromatic rings. The van der Waals surface area contributed by atoms with Crippen LogP contribution in [0.1, 0.15) is 35.7 Å². The van der Waals surface area contributed by atoms with Gasteiger partial charge in [0.15, 0.2) is 5.82 Å². The van der Waals surface area contributed by atoms with Gasteiger partial charge in [-0.05, 0) is 41.3 Å². The minimum Gasteiger partial charge on any atom is -0.349 e. The van der Waals surface area contributed by atoms with Crippen LogP contribution in [0.4, 0.5) is 0 Å². The number of amides is 1. The van der Waals surface area contributed by atoms with Crippen LogP contribution in [0.5, 0.6) is 0 Å². The van der Waals surface area contributed by atoms with Crippen LogP contribution in [0, 0.1) is 0 Å². The van der Waals surface area contributed by atoms with Crippen molar-refractivity contribution in [2.75, 3.05) is 0 Å². The predicted octanol–water partition coefficient (Wildman–Crippen LogP) is 3.53. The van der Waals surface area contributed by atoms with Gasteiger partial charge in [0.05, 0.1) is 11.4 Å². The van der Waals surface area contributed by atoms with E-state index in [2.05, 4.69) is 33.7 Å². The summed E-state index contributed by atoms with van der Waals surface area (Å²) in [5, 5.41) is 8.77. The quantitative estimate of drug-likeness (QED) is 0.772. The molecule has 0 aliphatic heterocycles. The maximum atomic E-state index is 12.2. The fourth-order valence-electron chi connectivity index (χ4n) is 3.16. The van der Waals surface area contributed by atoms with Crippen molar-refractivity contribution in [2.45, 2.75) is 31.7 Å². The Morgan fingerprint density at radius 2 is 2.21 bits per heavy atom. The van der Waals surface area contributed by atoms with Gasteiger partial charge in [-0.2, -0.15) is 4.98 Å². The van der Waals surface area contributed by atoms with E-state index in [9.17, 15) is 4.79 Å². The van der Waals surface area contributed by atoms with Crippen LogP contribution in [0.2, 0.25) is 0 Å². The molecule has 1 amide bonds. The number of carbonyl (C=O) groups excluding carboxylic acids is 1. The van der Waals surface area contributed by atoms with Crippen molar-refractivity contribution < 1.29 is 9.32 Å². The van der Waals surface area contributed by atoms with Gasteiger partial charge in [0.1, 0.15) is 0 Å². The third kappa shape index (κ3) is 3.10. The van der Waals surface area contributed by atoms with Gasteiger partial charge in [0.2, 0.25) is 5.91 Å². The van der Waals surface area contributed by atoms with Crippen molar-refractivity contribution in [3.8, 4) is 10.8 Å². The molecule has 5 nitrogen and oxygen atoms in total. The van der Waals surface area contributed by atoms with Crippen LogP contribution in [0.15, 0.2) is 46.3 Å². The summed E-state index contributed by atoms with van der Waals surface area (Å²) in [5.74, 6) is 1.34. The Balaban J connectivity index is 1.33. The first-order chi connectivity index (χ1) is 11.8. The Hall–Kier alpha value is -2.47. The number of benzene rings is 1. The van der Waals surface area contributed by atoms with E-state index in [1.165, 1.54) is 11.1 Å². The van der Waals surface area contributed by atoms with Crippen molar-refractivity contribution in [2.24, 2.45) is 0 Å². The van der Waals surface area contributed by atoms with Crippen LogP contribution < -0.4 is 5.32 Å². The fourth-order valence-corrected chi connectivity index (χ4v) is 3.80. The largest absolute Gasteiger partial charge is 0.349 e. The van der Waals surface area contributed by atoms with Crippen LogP contribution in [0.3, 0.4) is 0 Å². The smallest absolute Gasteiger partial charge is 0.268 e. The summed E-state index contributed by atoms with van der Waals surface area (Å²) in [6.45, 7) is 0.294. The lowest BCUT2D eigenvalue weighted by atomic mass is 9.97. The van der Waals surface area contributed by atoms with Gasteiger partial charge in [-0.15, -0.1) is 11.3 Å². The second kappa shape index (κ2) is 6.57. The molecule has 6 heteroatoms. The molecular formula is C18H17N3O2S. The second-order valence-electron chi connectivity index (χ2n) is 5.91. The molecule has 0 bridgehead atoms. The van der Waals surface area contributed by atoms with E-state index in [0.717, 1.165) is 17.7 Å². The third-order valence-electron chi connectivity index (χ3n) is 4.33. The number of hydrogen-bond donors (Lipinski definition) is 1. The van der Waals surface area contributed by atoms with Crippen molar-refractivity contribution in [3.05, 3.63) is 58.7 Å². The van der Waals surface area contributed by atoms with Crippen LogP contribution in [0.25, 0.3) is 10.8 Å². The molecule has 1 aromatic carbocycles. The molecule has 0 unspecified atom stereocenters. The van der Waals surface area contributed by atoms with E-state index in [1.807, 2.05) is 23.6 Å². The minimum absolute atomic E-state index is 0.0270. The Bertz CT molecular complexity index is 842. The molecule has 0 spiro atoms. The number of nitrogens with one attached hydrogen (secondary N) is 1. The Kier molecular flexibility index (Phi) is 4.13. The number of fused-ring (bicyclic) bond motifs is 1. The molecule has 24 heavy (non-hydrogen) atoms. The fraction of sp³-hybridized carbons (Fsp3) is 0.278. The molecule has 2 heterocycles. The lowest BCUT2D eigenvalue weighted by Gasteiger charge is -2.10. The molecular weight excluding hydrogens is 322 g/mol. The number of aromatic nitrogens is 2. The standard InChI is InChI=1S/C18H17N3O2S/c22-17(10-13-8-7-12-4-1-2-5-14(12)13)19-11-16-20-18(23-21-16)15-6-3-9-24-15/h1-6,9,13H,7-8,10-11H2,(H,19,22)/t13-/m0/s1. The summed E-state index contributed by atoms with van der Waals surface area (Å²) >= 11 is 1.54. The van der Waals surface area contributed by atoms with Gasteiger partial charge in [-0.3, -0.25) is 4.79 Å². The Morgan fingerprint density at radius 1 is 1.29 bits per heavy atom. The number of hydrogen-bond acceptors (Lipinski definition) is 5. The highest BCUT2D eigenvalue weighted by molar-refractivity contribution is 7.13. The summed E-state index contributed by atoms with van der Waals surface area (Å²) in [4.78, 5) is 17.5. The molecule has 1 aliphatic rings. The highest BCUT2D eigenvalue weighted by Gasteiger charge is 2.24. The maximum Gasteiger partial charge on any atom is 0.268 e. The Labute approximate surface area is 143 Å². The van der Waals surface area contributed by atoms with Crippen molar-refractivity contribution in [1.29, 1.82) is 0 Å². The summed E-state index contributed by atoms with van der Waals surface area (Å²) in [7, 11) is 0. The molecule has 1 atom stereocenters. The molecule has 0 radical (unpaired) electrons. The minimum atomic E-state index is 0.0270. The van der Waals surface area contributed by atoms with Crippen LogP contribution in [-0.2, 0) is 17.8 Å². The maximum absolute atomic E-state index is 12.2. The van der Waals surface area contributed by atoms with Crippen molar-refractivity contribution in [3.63, 3.8) is 0 Å². The highest BCUT2D eigenvalue weighted by atomic mass is 32.1. The van der Waals surface area contributed by atoms with E-state index in [1.54, 1.807) is 11.3 Å². The lowest BCUT2D eigenvalue weighted by Crippen LogP contribution is -2.24. The van der Waals surface area contributed by atoms with Gasteiger partial charge in [-0.25, -0.2) is 0 Å². The van der Waals surface area contributed by atoms with Crippen LogP contribution >= 0.6 is 11.3 Å². The molecule has 122 valence electrons. The topological polar surface area (TPSA) is 68.0 Å². The zero-order valence-corrected chi connectivity index (χ0v) is 13.9. The number of carbonyl (C=O) groups is 1. The summed E-state index contributed by atoms with van der Waals surface area (Å²) in [6, 6.07) is 12.2. The van der Waals surface area contributed by atoms with Gasteiger partial charge in [0, 0.05) is 6.42 Å². The summed E-state index contributed by atoms with van der Waals surface area (Å²) in [6.07, 6.45) is 2.60. The highest BCUT2D eigenvalue weighted by Crippen LogP contribution is 2.35. The van der Waals surface area contributed by atoms with Crippen molar-refractivity contribution in [1.82, 2.24) is 15.5 Å². The summed E-state index contributed by atoms with van der Waals surface area (Å²) in [5.41, 5.74) is 2.68. The van der Waals surface area contributed by atoms with E-state index >= 15 is 0 Å². The molecule has 0 fully saturated rings. The zero-order chi connectivity index (χ0) is 16.4. The Morgan fingerprint density at radius 3 is 3.08 bits per heavy atom. The predicted molar refractivity (Wildman–Crippen MR) is 91.6 cm³/mol. The van der Waals surface area contributed by atoms with Gasteiger partial charge in [-0.1, -0.05) is 35.5 Å². The van der Waals surface area contributed by atoms with E-state index < -0.39 is 0 Å².